The number of fused-ring (bicyclic) bond motifs is 3. The molecule has 1 N–H and O–H groups in total. The van der Waals surface area contributed by atoms with Gasteiger partial charge in [0.05, 0.1) is 22.3 Å². The molecule has 0 saturated carbocycles. The third-order valence-electron chi connectivity index (χ3n) is 6.24. The van der Waals surface area contributed by atoms with E-state index in [4.69, 9.17) is 27.9 Å². The number of amides is 1. The van der Waals surface area contributed by atoms with E-state index < -0.39 is 12.8 Å². The first-order valence-corrected chi connectivity index (χ1v) is 12.2. The van der Waals surface area contributed by atoms with Crippen LogP contribution in [0.1, 0.15) is 33.7 Å². The van der Waals surface area contributed by atoms with Crippen molar-refractivity contribution in [1.29, 1.82) is 0 Å². The molecule has 1 aliphatic rings. The summed E-state index contributed by atoms with van der Waals surface area (Å²) in [6.45, 7) is -0.319. The van der Waals surface area contributed by atoms with Crippen molar-refractivity contribution in [1.82, 2.24) is 9.97 Å². The summed E-state index contributed by atoms with van der Waals surface area (Å²) in [5.74, 6) is 0.253. The van der Waals surface area contributed by atoms with E-state index in [9.17, 15) is 9.18 Å². The van der Waals surface area contributed by atoms with Crippen LogP contribution in [0.25, 0.3) is 11.3 Å². The Morgan fingerprint density at radius 2 is 1.81 bits per heavy atom. The molecule has 1 unspecified atom stereocenters. The summed E-state index contributed by atoms with van der Waals surface area (Å²) in [4.78, 5) is 21.3. The van der Waals surface area contributed by atoms with Crippen LogP contribution in [0.4, 0.5) is 15.1 Å². The van der Waals surface area contributed by atoms with E-state index in [1.165, 1.54) is 0 Å². The molecule has 0 fully saturated rings. The topological polar surface area (TPSA) is 64.1 Å². The summed E-state index contributed by atoms with van der Waals surface area (Å²) >= 11 is 12.4. The van der Waals surface area contributed by atoms with Crippen LogP contribution in [-0.4, -0.2) is 22.7 Å². The van der Waals surface area contributed by atoms with Gasteiger partial charge in [0, 0.05) is 24.1 Å². The zero-order chi connectivity index (χ0) is 25.1. The Morgan fingerprint density at radius 3 is 2.58 bits per heavy atom. The largest absolute Gasteiger partial charge is 0.449 e. The van der Waals surface area contributed by atoms with E-state index in [1.807, 2.05) is 48.5 Å². The van der Waals surface area contributed by atoms with Crippen molar-refractivity contribution in [3.8, 4) is 11.3 Å². The number of ether oxygens (including phenoxy) is 1. The third kappa shape index (κ3) is 5.20. The molecule has 182 valence electrons. The summed E-state index contributed by atoms with van der Waals surface area (Å²) < 4.78 is 17.9. The first-order valence-electron chi connectivity index (χ1n) is 11.5. The van der Waals surface area contributed by atoms with Crippen molar-refractivity contribution in [3.05, 3.63) is 111 Å². The number of rotatable bonds is 6. The third-order valence-corrected chi connectivity index (χ3v) is 6.98. The molecule has 0 bridgehead atoms. The van der Waals surface area contributed by atoms with E-state index >= 15 is 0 Å². The van der Waals surface area contributed by atoms with Crippen molar-refractivity contribution in [2.45, 2.75) is 25.4 Å². The lowest BCUT2D eigenvalue weighted by molar-refractivity contribution is 0.163. The van der Waals surface area contributed by atoms with Gasteiger partial charge in [-0.3, -0.25) is 5.32 Å². The van der Waals surface area contributed by atoms with Gasteiger partial charge >= 0.3 is 6.09 Å². The predicted molar refractivity (Wildman–Crippen MR) is 139 cm³/mol. The van der Waals surface area contributed by atoms with E-state index in [0.29, 0.717) is 28.5 Å². The Bertz CT molecular complexity index is 1410. The molecular formula is C28H22Cl2FN3O2. The number of aromatic nitrogens is 2. The fourth-order valence-electron chi connectivity index (χ4n) is 4.41. The van der Waals surface area contributed by atoms with Crippen molar-refractivity contribution in [3.63, 3.8) is 0 Å². The molecule has 1 aliphatic carbocycles. The van der Waals surface area contributed by atoms with Gasteiger partial charge in [0.25, 0.3) is 0 Å². The smallest absolute Gasteiger partial charge is 0.414 e. The highest BCUT2D eigenvalue weighted by molar-refractivity contribution is 6.42. The van der Waals surface area contributed by atoms with Gasteiger partial charge in [-0.15, -0.1) is 0 Å². The number of carbonyl (C=O) groups excluding carboxylic acids is 1. The molecule has 4 aromatic rings. The van der Waals surface area contributed by atoms with Crippen molar-refractivity contribution in [2.24, 2.45) is 0 Å². The second-order valence-corrected chi connectivity index (χ2v) is 9.36. The molecule has 5 nitrogen and oxygen atoms in total. The van der Waals surface area contributed by atoms with Gasteiger partial charge in [-0.05, 0) is 46.4 Å². The Hall–Kier alpha value is -3.48. The van der Waals surface area contributed by atoms with E-state index in [0.717, 1.165) is 33.5 Å². The number of anilines is 1. The van der Waals surface area contributed by atoms with Crippen LogP contribution in [-0.2, 0) is 24.3 Å². The molecule has 36 heavy (non-hydrogen) atoms. The maximum atomic E-state index is 12.6. The lowest BCUT2D eigenvalue weighted by atomic mass is 9.78. The number of hydrogen-bond donors (Lipinski definition) is 1. The van der Waals surface area contributed by atoms with Crippen molar-refractivity contribution < 1.29 is 13.9 Å². The molecule has 1 heterocycles. The number of nitrogens with one attached hydrogen (secondary N) is 1. The van der Waals surface area contributed by atoms with Gasteiger partial charge in [0.15, 0.2) is 0 Å². The van der Waals surface area contributed by atoms with Gasteiger partial charge in [-0.1, -0.05) is 77.8 Å². The standard InChI is InChI=1S/C28H22Cl2FN3O2/c29-24-10-9-19(14-25(24)30)23-13-20-16-32-27(33-26(20)22-4-2-1-3-21(22)23)34-28(35)36-12-11-17-5-7-18(15-31)8-6-17/h1-10,14,16,23H,11-13,15H2,(H,32,33,34,35). The molecular weight excluding hydrogens is 500 g/mol. The average molecular weight is 522 g/mol. The zero-order valence-electron chi connectivity index (χ0n) is 19.2. The number of nitrogens with zero attached hydrogens (tertiary/aromatic N) is 2. The summed E-state index contributed by atoms with van der Waals surface area (Å²) in [6.07, 6.45) is 2.32. The molecule has 5 rings (SSSR count). The fraction of sp³-hybridized carbons (Fsp3) is 0.179. The Labute approximate surface area is 218 Å². The Morgan fingerprint density at radius 1 is 1.03 bits per heavy atom. The van der Waals surface area contributed by atoms with E-state index in [1.54, 1.807) is 18.3 Å². The van der Waals surface area contributed by atoms with Gasteiger partial charge in [-0.25, -0.2) is 19.2 Å². The highest BCUT2D eigenvalue weighted by atomic mass is 35.5. The molecule has 0 spiro atoms. The second kappa shape index (κ2) is 10.6. The lowest BCUT2D eigenvalue weighted by Gasteiger charge is -2.27. The predicted octanol–water partition coefficient (Wildman–Crippen LogP) is 7.40. The quantitative estimate of drug-likeness (QED) is 0.287. The summed E-state index contributed by atoms with van der Waals surface area (Å²) in [7, 11) is 0. The fourth-order valence-corrected chi connectivity index (χ4v) is 4.71. The molecule has 1 amide bonds. The molecule has 1 atom stereocenters. The first-order chi connectivity index (χ1) is 17.5. The highest BCUT2D eigenvalue weighted by Gasteiger charge is 2.28. The van der Waals surface area contributed by atoms with Crippen LogP contribution in [0.2, 0.25) is 10.0 Å². The van der Waals surface area contributed by atoms with Crippen LogP contribution in [0.15, 0.2) is 72.9 Å². The highest BCUT2D eigenvalue weighted by Crippen LogP contribution is 2.42. The summed E-state index contributed by atoms with van der Waals surface area (Å²) in [5, 5.41) is 3.66. The SMILES string of the molecule is O=C(Nc1ncc2c(n1)-c1ccccc1C(c1ccc(Cl)c(Cl)c1)C2)OCCc1ccc(CF)cc1. The minimum Gasteiger partial charge on any atom is -0.449 e. The number of halogens is 3. The van der Waals surface area contributed by atoms with Crippen LogP contribution < -0.4 is 5.32 Å². The van der Waals surface area contributed by atoms with Gasteiger partial charge < -0.3 is 4.74 Å². The lowest BCUT2D eigenvalue weighted by Crippen LogP contribution is -2.19. The molecule has 0 radical (unpaired) electrons. The van der Waals surface area contributed by atoms with Crippen molar-refractivity contribution in [2.75, 3.05) is 11.9 Å². The number of benzene rings is 3. The van der Waals surface area contributed by atoms with Crippen molar-refractivity contribution >= 4 is 35.2 Å². The molecule has 3 aromatic carbocycles. The molecule has 0 saturated heterocycles. The number of hydrogen-bond acceptors (Lipinski definition) is 4. The minimum atomic E-state index is -0.631. The maximum absolute atomic E-state index is 12.6. The average Bonchev–Trinajstić information content (AvgIpc) is 2.90. The van der Waals surface area contributed by atoms with Crippen LogP contribution in [0.3, 0.4) is 0 Å². The number of alkyl halides is 1. The molecule has 0 aliphatic heterocycles. The van der Waals surface area contributed by atoms with E-state index in [-0.39, 0.29) is 18.5 Å². The second-order valence-electron chi connectivity index (χ2n) is 8.55. The molecule has 1 aromatic heterocycles. The molecule has 8 heteroatoms. The first kappa shape index (κ1) is 24.2. The zero-order valence-corrected chi connectivity index (χ0v) is 20.7. The van der Waals surface area contributed by atoms with Crippen LogP contribution in [0.5, 0.6) is 0 Å². The number of carbonyl (C=O) groups is 1. The van der Waals surface area contributed by atoms with Gasteiger partial charge in [0.2, 0.25) is 5.95 Å². The monoisotopic (exact) mass is 521 g/mol. The van der Waals surface area contributed by atoms with Gasteiger partial charge in [0.1, 0.15) is 6.67 Å². The maximum Gasteiger partial charge on any atom is 0.414 e. The Kier molecular flexibility index (Phi) is 7.16. The Balaban J connectivity index is 1.29. The van der Waals surface area contributed by atoms with E-state index in [2.05, 4.69) is 21.4 Å². The van der Waals surface area contributed by atoms with Crippen LogP contribution in [0, 0.1) is 0 Å². The van der Waals surface area contributed by atoms with Gasteiger partial charge in [-0.2, -0.15) is 0 Å². The van der Waals surface area contributed by atoms with Crippen LogP contribution >= 0.6 is 23.2 Å². The summed E-state index contributed by atoms with van der Waals surface area (Å²) in [6, 6.07) is 20.8. The summed E-state index contributed by atoms with van der Waals surface area (Å²) in [5.41, 5.74) is 6.48. The normalized spacial score (nSPS) is 14.0. The minimum absolute atomic E-state index is 0.0785.